The molecule has 1 aliphatic heterocycles. The van der Waals surface area contributed by atoms with Crippen LogP contribution >= 0.6 is 0 Å². The highest BCUT2D eigenvalue weighted by Gasteiger charge is 2.39. The van der Waals surface area contributed by atoms with Crippen LogP contribution in [0.3, 0.4) is 0 Å². The summed E-state index contributed by atoms with van der Waals surface area (Å²) in [5.74, 6) is 0. The van der Waals surface area contributed by atoms with Gasteiger partial charge in [-0.25, -0.2) is 9.78 Å². The van der Waals surface area contributed by atoms with Crippen LogP contribution in [-0.4, -0.2) is 33.1 Å². The number of nitrogens with zero attached hydrogens (tertiary/aromatic N) is 3. The van der Waals surface area contributed by atoms with Gasteiger partial charge in [0.1, 0.15) is 5.69 Å². The minimum absolute atomic E-state index is 0.0531. The number of imidazole rings is 1. The van der Waals surface area contributed by atoms with E-state index < -0.39 is 0 Å². The molecule has 0 bridgehead atoms. The van der Waals surface area contributed by atoms with E-state index in [2.05, 4.69) is 4.98 Å². The van der Waals surface area contributed by atoms with Crippen molar-refractivity contribution in [2.75, 3.05) is 6.54 Å². The van der Waals surface area contributed by atoms with Crippen molar-refractivity contribution in [3.05, 3.63) is 18.2 Å². The van der Waals surface area contributed by atoms with Gasteiger partial charge in [-0.1, -0.05) is 0 Å². The number of amides is 1. The van der Waals surface area contributed by atoms with Gasteiger partial charge in [0.2, 0.25) is 0 Å². The Hall–Kier alpha value is -1.52. The summed E-state index contributed by atoms with van der Waals surface area (Å²) in [5, 5.41) is 0. The maximum Gasteiger partial charge on any atom is 0.410 e. The zero-order chi connectivity index (χ0) is 11.0. The van der Waals surface area contributed by atoms with E-state index in [0.29, 0.717) is 6.54 Å². The zero-order valence-electron chi connectivity index (χ0n) is 9.17. The molecule has 0 aliphatic carbocycles. The number of likely N-dealkylation sites (N-methyl/N-ethyl adjacent to an activating group) is 1. The number of cyclic esters (lactones) is 1. The van der Waals surface area contributed by atoms with Gasteiger partial charge >= 0.3 is 6.09 Å². The van der Waals surface area contributed by atoms with Crippen molar-refractivity contribution in [1.82, 2.24) is 14.5 Å². The standard InChI is InChI=1S/C10H15N3O2/c1-4-13-7(2)9(15-10(13)14)8-5-12(3)6-11-8/h5-7,9H,4H2,1-3H3/t7-,9-/m0/s1. The van der Waals surface area contributed by atoms with Crippen molar-refractivity contribution >= 4 is 6.09 Å². The van der Waals surface area contributed by atoms with Gasteiger partial charge in [0.25, 0.3) is 0 Å². The summed E-state index contributed by atoms with van der Waals surface area (Å²) in [6.45, 7) is 4.59. The Balaban J connectivity index is 2.22. The second-order valence-electron chi connectivity index (χ2n) is 3.79. The predicted octanol–water partition coefficient (Wildman–Crippen LogP) is 1.32. The second-order valence-corrected chi connectivity index (χ2v) is 3.79. The summed E-state index contributed by atoms with van der Waals surface area (Å²) < 4.78 is 7.14. The van der Waals surface area contributed by atoms with E-state index in [1.807, 2.05) is 31.7 Å². The lowest BCUT2D eigenvalue weighted by molar-refractivity contribution is 0.129. The number of carbonyl (C=O) groups excluding carboxylic acids is 1. The van der Waals surface area contributed by atoms with Crippen LogP contribution in [0.5, 0.6) is 0 Å². The molecule has 2 atom stereocenters. The molecule has 0 spiro atoms. The van der Waals surface area contributed by atoms with Crippen LogP contribution < -0.4 is 0 Å². The van der Waals surface area contributed by atoms with Crippen LogP contribution in [0.25, 0.3) is 0 Å². The summed E-state index contributed by atoms with van der Waals surface area (Å²) in [6, 6.07) is 0.0531. The van der Waals surface area contributed by atoms with E-state index in [1.165, 1.54) is 0 Å². The first-order chi connectivity index (χ1) is 7.13. The van der Waals surface area contributed by atoms with Gasteiger partial charge in [0.15, 0.2) is 6.10 Å². The van der Waals surface area contributed by atoms with Crippen LogP contribution in [0.2, 0.25) is 0 Å². The van der Waals surface area contributed by atoms with Gasteiger partial charge in [0, 0.05) is 19.8 Å². The average molecular weight is 209 g/mol. The summed E-state index contributed by atoms with van der Waals surface area (Å²) >= 11 is 0. The zero-order valence-corrected chi connectivity index (χ0v) is 9.17. The monoisotopic (exact) mass is 209 g/mol. The molecule has 15 heavy (non-hydrogen) atoms. The molecular formula is C10H15N3O2. The number of carbonyl (C=O) groups is 1. The molecule has 0 aromatic carbocycles. The van der Waals surface area contributed by atoms with E-state index in [9.17, 15) is 4.79 Å². The number of hydrogen-bond donors (Lipinski definition) is 0. The molecule has 2 heterocycles. The van der Waals surface area contributed by atoms with E-state index in [-0.39, 0.29) is 18.2 Å². The van der Waals surface area contributed by atoms with Crippen LogP contribution in [0.4, 0.5) is 4.79 Å². The third-order valence-electron chi connectivity index (χ3n) is 2.75. The van der Waals surface area contributed by atoms with Crippen molar-refractivity contribution in [3.63, 3.8) is 0 Å². The third kappa shape index (κ3) is 1.58. The number of ether oxygens (including phenoxy) is 1. The quantitative estimate of drug-likeness (QED) is 0.738. The van der Waals surface area contributed by atoms with Gasteiger partial charge < -0.3 is 14.2 Å². The summed E-state index contributed by atoms with van der Waals surface area (Å²) in [5.41, 5.74) is 0.814. The first-order valence-electron chi connectivity index (χ1n) is 5.08. The Morgan fingerprint density at radius 2 is 2.33 bits per heavy atom. The highest BCUT2D eigenvalue weighted by Crippen LogP contribution is 2.30. The van der Waals surface area contributed by atoms with E-state index in [1.54, 1.807) is 11.2 Å². The largest absolute Gasteiger partial charge is 0.437 e. The Labute approximate surface area is 88.7 Å². The lowest BCUT2D eigenvalue weighted by atomic mass is 10.1. The Bertz CT molecular complexity index is 374. The second kappa shape index (κ2) is 3.56. The van der Waals surface area contributed by atoms with E-state index in [0.717, 1.165) is 5.69 Å². The minimum atomic E-state index is -0.249. The third-order valence-corrected chi connectivity index (χ3v) is 2.75. The number of aryl methyl sites for hydroxylation is 1. The normalized spacial score (nSPS) is 25.8. The predicted molar refractivity (Wildman–Crippen MR) is 54.3 cm³/mol. The van der Waals surface area contributed by atoms with Gasteiger partial charge in [-0.05, 0) is 13.8 Å². The maximum atomic E-state index is 11.5. The highest BCUT2D eigenvalue weighted by atomic mass is 16.6. The molecular weight excluding hydrogens is 194 g/mol. The molecule has 0 unspecified atom stereocenters. The Morgan fingerprint density at radius 3 is 2.80 bits per heavy atom. The Morgan fingerprint density at radius 1 is 1.60 bits per heavy atom. The topological polar surface area (TPSA) is 47.4 Å². The van der Waals surface area contributed by atoms with Crippen molar-refractivity contribution < 1.29 is 9.53 Å². The molecule has 1 aromatic rings. The number of aromatic nitrogens is 2. The smallest absolute Gasteiger partial charge is 0.410 e. The van der Waals surface area contributed by atoms with Crippen LogP contribution in [0, 0.1) is 0 Å². The summed E-state index contributed by atoms with van der Waals surface area (Å²) in [6.07, 6.45) is 3.11. The molecule has 1 fully saturated rings. The van der Waals surface area contributed by atoms with E-state index in [4.69, 9.17) is 4.74 Å². The number of rotatable bonds is 2. The molecule has 0 radical (unpaired) electrons. The fourth-order valence-corrected chi connectivity index (χ4v) is 1.91. The van der Waals surface area contributed by atoms with Crippen molar-refractivity contribution in [3.8, 4) is 0 Å². The Kier molecular flexibility index (Phi) is 2.38. The molecule has 5 heteroatoms. The highest BCUT2D eigenvalue weighted by molar-refractivity contribution is 5.70. The van der Waals surface area contributed by atoms with Crippen LogP contribution in [0.15, 0.2) is 12.5 Å². The SMILES string of the molecule is CCN1C(=O)O[C@H](c2cn(C)cn2)[C@@H]1C. The molecule has 0 saturated carbocycles. The van der Waals surface area contributed by atoms with Crippen LogP contribution in [-0.2, 0) is 11.8 Å². The minimum Gasteiger partial charge on any atom is -0.437 e. The molecule has 82 valence electrons. The molecule has 1 saturated heterocycles. The fourth-order valence-electron chi connectivity index (χ4n) is 1.91. The van der Waals surface area contributed by atoms with Gasteiger partial charge in [-0.2, -0.15) is 0 Å². The maximum absolute atomic E-state index is 11.5. The summed E-state index contributed by atoms with van der Waals surface area (Å²) in [7, 11) is 1.90. The first kappa shape index (κ1) is 10.0. The first-order valence-corrected chi connectivity index (χ1v) is 5.08. The van der Waals surface area contributed by atoms with E-state index >= 15 is 0 Å². The van der Waals surface area contributed by atoms with Gasteiger partial charge in [-0.3, -0.25) is 0 Å². The molecule has 5 nitrogen and oxygen atoms in total. The average Bonchev–Trinajstić information content (AvgIpc) is 2.71. The van der Waals surface area contributed by atoms with Crippen molar-refractivity contribution in [2.45, 2.75) is 26.0 Å². The van der Waals surface area contributed by atoms with Gasteiger partial charge in [0.05, 0.1) is 12.4 Å². The van der Waals surface area contributed by atoms with Crippen molar-refractivity contribution in [2.24, 2.45) is 7.05 Å². The molecule has 0 N–H and O–H groups in total. The van der Waals surface area contributed by atoms with Crippen LogP contribution in [0.1, 0.15) is 25.6 Å². The molecule has 1 amide bonds. The van der Waals surface area contributed by atoms with Gasteiger partial charge in [-0.15, -0.1) is 0 Å². The lowest BCUT2D eigenvalue weighted by Gasteiger charge is -2.17. The summed E-state index contributed by atoms with van der Waals surface area (Å²) in [4.78, 5) is 17.4. The molecule has 1 aliphatic rings. The molecule has 1 aromatic heterocycles. The molecule has 2 rings (SSSR count). The number of hydrogen-bond acceptors (Lipinski definition) is 3. The lowest BCUT2D eigenvalue weighted by Crippen LogP contribution is -2.31. The van der Waals surface area contributed by atoms with Crippen molar-refractivity contribution in [1.29, 1.82) is 0 Å². The fraction of sp³-hybridized carbons (Fsp3) is 0.600.